The molecule has 134 valence electrons. The Balaban J connectivity index is 1.56. The van der Waals surface area contributed by atoms with Gasteiger partial charge in [0, 0.05) is 12.1 Å². The van der Waals surface area contributed by atoms with E-state index >= 15 is 0 Å². The number of carbonyl (C=O) groups is 1. The van der Waals surface area contributed by atoms with Crippen molar-refractivity contribution in [3.8, 4) is 0 Å². The van der Waals surface area contributed by atoms with Crippen molar-refractivity contribution in [1.82, 2.24) is 15.1 Å². The molecule has 0 spiro atoms. The van der Waals surface area contributed by atoms with Crippen LogP contribution in [0.4, 0.5) is 15.2 Å². The summed E-state index contributed by atoms with van der Waals surface area (Å²) in [5.74, 6) is 0.155. The molecule has 2 heterocycles. The van der Waals surface area contributed by atoms with E-state index in [0.29, 0.717) is 33.0 Å². The van der Waals surface area contributed by atoms with Crippen LogP contribution >= 0.6 is 23.1 Å². The molecule has 8 heteroatoms. The molecular weight excluding hydrogens is 359 g/mol. The highest BCUT2D eigenvalue weighted by Crippen LogP contribution is 2.30. The van der Waals surface area contributed by atoms with E-state index in [1.54, 1.807) is 18.2 Å². The summed E-state index contributed by atoms with van der Waals surface area (Å²) < 4.78 is 14.4. The van der Waals surface area contributed by atoms with Crippen molar-refractivity contribution in [2.75, 3.05) is 11.1 Å². The van der Waals surface area contributed by atoms with Crippen LogP contribution in [0.2, 0.25) is 0 Å². The summed E-state index contributed by atoms with van der Waals surface area (Å²) in [4.78, 5) is 14.5. The molecule has 3 rings (SSSR count). The van der Waals surface area contributed by atoms with Gasteiger partial charge in [-0.2, -0.15) is 0 Å². The number of hydrogen-bond donors (Lipinski definition) is 1. The topological polar surface area (TPSA) is 58.1 Å². The van der Waals surface area contributed by atoms with Crippen molar-refractivity contribution in [3.05, 3.63) is 30.1 Å². The van der Waals surface area contributed by atoms with Crippen molar-refractivity contribution >= 4 is 39.8 Å². The summed E-state index contributed by atoms with van der Waals surface area (Å²) in [5.41, 5.74) is 0.363. The Morgan fingerprint density at radius 1 is 1.32 bits per heavy atom. The lowest BCUT2D eigenvalue weighted by molar-refractivity contribution is -0.134. The standard InChI is InChI=1S/C17H21FN4OS2/c1-11-6-5-7-12(2)22(11)15(23)10-24-17-21-20-16(25-17)19-14-9-4-3-8-13(14)18/h3-4,8-9,11-12H,5-7,10H2,1-2H3,(H,19,20)/t11-,12-/m0/s1. The third-order valence-electron chi connectivity index (χ3n) is 4.32. The van der Waals surface area contributed by atoms with Gasteiger partial charge in [-0.1, -0.05) is 35.2 Å². The average molecular weight is 381 g/mol. The van der Waals surface area contributed by atoms with Gasteiger partial charge in [-0.3, -0.25) is 4.79 Å². The van der Waals surface area contributed by atoms with E-state index in [-0.39, 0.29) is 11.7 Å². The number of rotatable bonds is 5. The van der Waals surface area contributed by atoms with E-state index in [0.717, 1.165) is 12.8 Å². The molecule has 1 aliphatic rings. The zero-order valence-corrected chi connectivity index (χ0v) is 15.9. The first-order valence-corrected chi connectivity index (χ1v) is 10.1. The summed E-state index contributed by atoms with van der Waals surface area (Å²) >= 11 is 2.70. The van der Waals surface area contributed by atoms with Gasteiger partial charge < -0.3 is 10.2 Å². The number of aromatic nitrogens is 2. The van der Waals surface area contributed by atoms with Crippen molar-refractivity contribution in [3.63, 3.8) is 0 Å². The van der Waals surface area contributed by atoms with Crippen LogP contribution in [0.15, 0.2) is 28.6 Å². The van der Waals surface area contributed by atoms with Gasteiger partial charge in [-0.15, -0.1) is 10.2 Å². The number of anilines is 2. The summed E-state index contributed by atoms with van der Waals surface area (Å²) in [6, 6.07) is 7.01. The molecule has 1 aromatic carbocycles. The Morgan fingerprint density at radius 3 is 2.76 bits per heavy atom. The zero-order chi connectivity index (χ0) is 17.8. The molecule has 2 atom stereocenters. The first-order chi connectivity index (χ1) is 12.0. The van der Waals surface area contributed by atoms with Gasteiger partial charge in [-0.25, -0.2) is 4.39 Å². The smallest absolute Gasteiger partial charge is 0.233 e. The molecule has 0 saturated carbocycles. The molecule has 1 aromatic heterocycles. The van der Waals surface area contributed by atoms with E-state index in [4.69, 9.17) is 0 Å². The molecule has 25 heavy (non-hydrogen) atoms. The summed E-state index contributed by atoms with van der Waals surface area (Å²) in [7, 11) is 0. The van der Waals surface area contributed by atoms with Gasteiger partial charge in [0.15, 0.2) is 4.34 Å². The van der Waals surface area contributed by atoms with Gasteiger partial charge in [0.2, 0.25) is 11.0 Å². The molecule has 1 amide bonds. The number of para-hydroxylation sites is 1. The second-order valence-electron chi connectivity index (χ2n) is 6.20. The summed E-state index contributed by atoms with van der Waals surface area (Å²) in [5, 5.41) is 11.5. The second kappa shape index (κ2) is 8.14. The highest BCUT2D eigenvalue weighted by atomic mass is 32.2. The number of halogens is 1. The normalized spacial score (nSPS) is 20.5. The molecule has 0 aliphatic carbocycles. The Hall–Kier alpha value is -1.67. The highest BCUT2D eigenvalue weighted by molar-refractivity contribution is 8.01. The lowest BCUT2D eigenvalue weighted by Crippen LogP contribution is -2.48. The first-order valence-electron chi connectivity index (χ1n) is 8.33. The Kier molecular flexibility index (Phi) is 5.90. The van der Waals surface area contributed by atoms with E-state index < -0.39 is 0 Å². The molecule has 2 aromatic rings. The maximum atomic E-state index is 13.7. The van der Waals surface area contributed by atoms with E-state index in [2.05, 4.69) is 29.4 Å². The highest BCUT2D eigenvalue weighted by Gasteiger charge is 2.28. The second-order valence-corrected chi connectivity index (χ2v) is 8.40. The van der Waals surface area contributed by atoms with Crippen LogP contribution in [0.5, 0.6) is 0 Å². The molecule has 0 bridgehead atoms. The van der Waals surface area contributed by atoms with Crippen LogP contribution in [0.1, 0.15) is 33.1 Å². The molecular formula is C17H21FN4OS2. The lowest BCUT2D eigenvalue weighted by Gasteiger charge is -2.39. The minimum atomic E-state index is -0.338. The van der Waals surface area contributed by atoms with E-state index in [1.165, 1.54) is 35.6 Å². The molecule has 1 saturated heterocycles. The fourth-order valence-electron chi connectivity index (χ4n) is 3.11. The Labute approximate surface area is 155 Å². The SMILES string of the molecule is C[C@H]1CCC[C@H](C)N1C(=O)CSc1nnc(Nc2ccccc2F)s1. The number of hydrogen-bond acceptors (Lipinski definition) is 6. The van der Waals surface area contributed by atoms with Crippen LogP contribution in [-0.4, -0.2) is 38.8 Å². The molecule has 5 nitrogen and oxygen atoms in total. The molecule has 1 N–H and O–H groups in total. The number of nitrogens with zero attached hydrogens (tertiary/aromatic N) is 3. The minimum absolute atomic E-state index is 0.142. The molecule has 0 radical (unpaired) electrons. The first kappa shape index (κ1) is 18.1. The Morgan fingerprint density at radius 2 is 2.04 bits per heavy atom. The van der Waals surface area contributed by atoms with Gasteiger partial charge in [0.05, 0.1) is 11.4 Å². The number of nitrogens with one attached hydrogen (secondary N) is 1. The predicted octanol–water partition coefficient (Wildman–Crippen LogP) is 4.30. The monoisotopic (exact) mass is 380 g/mol. The van der Waals surface area contributed by atoms with Crippen LogP contribution in [-0.2, 0) is 4.79 Å². The van der Waals surface area contributed by atoms with Crippen LogP contribution < -0.4 is 5.32 Å². The quantitative estimate of drug-likeness (QED) is 0.784. The summed E-state index contributed by atoms with van der Waals surface area (Å²) in [6.07, 6.45) is 3.31. The van der Waals surface area contributed by atoms with Crippen molar-refractivity contribution in [2.45, 2.75) is 49.5 Å². The Bertz CT molecular complexity index is 729. The van der Waals surface area contributed by atoms with Gasteiger partial charge in [-0.05, 0) is 45.2 Å². The maximum Gasteiger partial charge on any atom is 0.233 e. The maximum absolute atomic E-state index is 13.7. The third kappa shape index (κ3) is 4.49. The number of carbonyl (C=O) groups excluding carboxylic acids is 1. The third-order valence-corrected chi connectivity index (χ3v) is 6.28. The van der Waals surface area contributed by atoms with Gasteiger partial charge >= 0.3 is 0 Å². The fraction of sp³-hybridized carbons (Fsp3) is 0.471. The largest absolute Gasteiger partial charge is 0.337 e. The lowest BCUT2D eigenvalue weighted by atomic mass is 9.98. The summed E-state index contributed by atoms with van der Waals surface area (Å²) in [6.45, 7) is 4.22. The van der Waals surface area contributed by atoms with E-state index in [9.17, 15) is 9.18 Å². The fourth-order valence-corrected chi connectivity index (χ4v) is 4.74. The van der Waals surface area contributed by atoms with Crippen molar-refractivity contribution < 1.29 is 9.18 Å². The van der Waals surface area contributed by atoms with Crippen LogP contribution in [0.3, 0.4) is 0 Å². The van der Waals surface area contributed by atoms with Crippen LogP contribution in [0, 0.1) is 5.82 Å². The van der Waals surface area contributed by atoms with Crippen LogP contribution in [0.25, 0.3) is 0 Å². The van der Waals surface area contributed by atoms with Gasteiger partial charge in [0.1, 0.15) is 5.82 Å². The van der Waals surface area contributed by atoms with Gasteiger partial charge in [0.25, 0.3) is 0 Å². The molecule has 1 aliphatic heterocycles. The zero-order valence-electron chi connectivity index (χ0n) is 14.2. The number of benzene rings is 1. The average Bonchev–Trinajstić information content (AvgIpc) is 3.02. The molecule has 1 fully saturated rings. The van der Waals surface area contributed by atoms with Crippen molar-refractivity contribution in [1.29, 1.82) is 0 Å². The number of likely N-dealkylation sites (tertiary alicyclic amines) is 1. The number of piperidine rings is 1. The molecule has 0 unspecified atom stereocenters. The number of amides is 1. The van der Waals surface area contributed by atoms with Crippen molar-refractivity contribution in [2.24, 2.45) is 0 Å². The van der Waals surface area contributed by atoms with E-state index in [1.807, 2.05) is 4.90 Å². The predicted molar refractivity (Wildman–Crippen MR) is 99.9 cm³/mol. The number of thioether (sulfide) groups is 1. The minimum Gasteiger partial charge on any atom is -0.337 e.